The minimum atomic E-state index is -3.20. The number of aromatic nitrogens is 2. The van der Waals surface area contributed by atoms with Gasteiger partial charge in [-0.25, -0.2) is 12.7 Å². The van der Waals surface area contributed by atoms with Crippen LogP contribution in [0.5, 0.6) is 0 Å². The van der Waals surface area contributed by atoms with Crippen LogP contribution in [0, 0.1) is 5.92 Å². The van der Waals surface area contributed by atoms with Crippen molar-refractivity contribution in [2.45, 2.75) is 36.1 Å². The molecule has 1 aliphatic heterocycles. The van der Waals surface area contributed by atoms with E-state index in [1.807, 2.05) is 0 Å². The molecule has 0 spiro atoms. The van der Waals surface area contributed by atoms with Crippen molar-refractivity contribution in [1.82, 2.24) is 19.8 Å². The fourth-order valence-electron chi connectivity index (χ4n) is 2.60. The molecule has 12 heteroatoms. The van der Waals surface area contributed by atoms with Gasteiger partial charge in [-0.1, -0.05) is 23.1 Å². The third-order valence-electron chi connectivity index (χ3n) is 4.20. The van der Waals surface area contributed by atoms with Crippen molar-refractivity contribution in [3.05, 3.63) is 0 Å². The lowest BCUT2D eigenvalue weighted by Crippen LogP contribution is -2.40. The molecule has 1 saturated heterocycles. The molecule has 1 aromatic rings. The van der Waals surface area contributed by atoms with E-state index in [2.05, 4.69) is 20.8 Å². The number of anilines is 1. The molecule has 144 valence electrons. The zero-order chi connectivity index (χ0) is 18.7. The predicted octanol–water partition coefficient (Wildman–Crippen LogP) is 0.519. The number of thioether (sulfide) groups is 1. The molecule has 1 aliphatic carbocycles. The summed E-state index contributed by atoms with van der Waals surface area (Å²) in [4.78, 5) is 24.0. The summed E-state index contributed by atoms with van der Waals surface area (Å²) in [6, 6.07) is 0.335. The normalized spacial score (nSPS) is 19.3. The molecule has 2 heterocycles. The molecule has 2 N–H and O–H groups in total. The Hall–Kier alpha value is -1.24. The highest BCUT2D eigenvalue weighted by Gasteiger charge is 2.29. The van der Waals surface area contributed by atoms with Gasteiger partial charge in [0.15, 0.2) is 4.34 Å². The van der Waals surface area contributed by atoms with Gasteiger partial charge in [0.05, 0.1) is 12.0 Å². The summed E-state index contributed by atoms with van der Waals surface area (Å²) in [5, 5.41) is 13.9. The van der Waals surface area contributed by atoms with E-state index in [-0.39, 0.29) is 23.5 Å². The van der Waals surface area contributed by atoms with Crippen molar-refractivity contribution >= 4 is 50.1 Å². The molecular formula is C14H21N5O4S3. The molecule has 1 saturated carbocycles. The second-order valence-corrected chi connectivity index (χ2v) is 10.6. The van der Waals surface area contributed by atoms with Crippen LogP contribution < -0.4 is 10.6 Å². The molecule has 0 unspecified atom stereocenters. The van der Waals surface area contributed by atoms with Gasteiger partial charge in [0, 0.05) is 25.0 Å². The first-order valence-electron chi connectivity index (χ1n) is 8.33. The maximum Gasteiger partial charge on any atom is 0.230 e. The van der Waals surface area contributed by atoms with Gasteiger partial charge < -0.3 is 10.6 Å². The van der Waals surface area contributed by atoms with Crippen LogP contribution in [-0.2, 0) is 19.6 Å². The Morgan fingerprint density at radius 1 is 1.23 bits per heavy atom. The van der Waals surface area contributed by atoms with E-state index in [1.54, 1.807) is 0 Å². The van der Waals surface area contributed by atoms with Crippen LogP contribution in [0.25, 0.3) is 0 Å². The standard InChI is InChI=1S/C14H21N5O4S3/c1-26(22,23)19-6-4-9(5-7-19)12(21)16-13-17-18-14(25-13)24-8-11(20)15-10-2-3-10/h9-10H,2-8H2,1H3,(H,15,20)(H,16,17,21). The zero-order valence-corrected chi connectivity index (χ0v) is 16.8. The average Bonchev–Trinajstić information content (AvgIpc) is 3.29. The number of hydrogen-bond donors (Lipinski definition) is 2. The van der Waals surface area contributed by atoms with Crippen molar-refractivity contribution < 1.29 is 18.0 Å². The molecule has 2 fully saturated rings. The molecule has 2 aliphatic rings. The highest BCUT2D eigenvalue weighted by molar-refractivity contribution is 8.01. The Morgan fingerprint density at radius 2 is 1.92 bits per heavy atom. The lowest BCUT2D eigenvalue weighted by Gasteiger charge is -2.29. The van der Waals surface area contributed by atoms with Gasteiger partial charge in [-0.15, -0.1) is 10.2 Å². The van der Waals surface area contributed by atoms with Gasteiger partial charge in [-0.3, -0.25) is 9.59 Å². The molecule has 2 amide bonds. The lowest BCUT2D eigenvalue weighted by atomic mass is 9.97. The van der Waals surface area contributed by atoms with E-state index in [0.29, 0.717) is 41.4 Å². The summed E-state index contributed by atoms with van der Waals surface area (Å²) >= 11 is 2.52. The summed E-state index contributed by atoms with van der Waals surface area (Å²) in [6.45, 7) is 0.703. The van der Waals surface area contributed by atoms with Crippen molar-refractivity contribution in [1.29, 1.82) is 0 Å². The van der Waals surface area contributed by atoms with Gasteiger partial charge in [0.25, 0.3) is 0 Å². The monoisotopic (exact) mass is 419 g/mol. The fraction of sp³-hybridized carbons (Fsp3) is 0.714. The minimum Gasteiger partial charge on any atom is -0.353 e. The van der Waals surface area contributed by atoms with Crippen LogP contribution in [0.2, 0.25) is 0 Å². The Balaban J connectivity index is 1.43. The number of carbonyl (C=O) groups excluding carboxylic acids is 2. The second-order valence-electron chi connectivity index (χ2n) is 6.43. The van der Waals surface area contributed by atoms with Crippen molar-refractivity contribution in [3.8, 4) is 0 Å². The highest BCUT2D eigenvalue weighted by atomic mass is 32.2. The number of nitrogens with one attached hydrogen (secondary N) is 2. The summed E-state index contributed by atoms with van der Waals surface area (Å²) < 4.78 is 25.0. The Kier molecular flexibility index (Phi) is 6.15. The minimum absolute atomic E-state index is 0.0177. The summed E-state index contributed by atoms with van der Waals surface area (Å²) in [6.07, 6.45) is 4.25. The summed E-state index contributed by atoms with van der Waals surface area (Å²) in [5.41, 5.74) is 0. The van der Waals surface area contributed by atoms with E-state index in [0.717, 1.165) is 12.8 Å². The number of carbonyl (C=O) groups is 2. The maximum atomic E-state index is 12.3. The molecule has 0 radical (unpaired) electrons. The number of piperidine rings is 1. The van der Waals surface area contributed by atoms with Gasteiger partial charge in [0.2, 0.25) is 27.0 Å². The van der Waals surface area contributed by atoms with Crippen LogP contribution in [-0.4, -0.2) is 65.9 Å². The first kappa shape index (κ1) is 19.5. The topological polar surface area (TPSA) is 121 Å². The van der Waals surface area contributed by atoms with E-state index in [4.69, 9.17) is 0 Å². The van der Waals surface area contributed by atoms with E-state index in [9.17, 15) is 18.0 Å². The number of hydrogen-bond acceptors (Lipinski definition) is 8. The number of sulfonamides is 1. The van der Waals surface area contributed by atoms with E-state index >= 15 is 0 Å². The average molecular weight is 420 g/mol. The van der Waals surface area contributed by atoms with Crippen LogP contribution >= 0.6 is 23.1 Å². The Morgan fingerprint density at radius 3 is 2.54 bits per heavy atom. The smallest absolute Gasteiger partial charge is 0.230 e. The third kappa shape index (κ3) is 5.63. The quantitative estimate of drug-likeness (QED) is 0.488. The second kappa shape index (κ2) is 8.19. The fourth-order valence-corrected chi connectivity index (χ4v) is 5.04. The highest BCUT2D eigenvalue weighted by Crippen LogP contribution is 2.27. The van der Waals surface area contributed by atoms with Gasteiger partial charge in [0.1, 0.15) is 0 Å². The molecular weight excluding hydrogens is 398 g/mol. The first-order valence-corrected chi connectivity index (χ1v) is 12.0. The predicted molar refractivity (Wildman–Crippen MR) is 99.6 cm³/mol. The SMILES string of the molecule is CS(=O)(=O)N1CCC(C(=O)Nc2nnc(SCC(=O)NC3CC3)s2)CC1. The molecule has 0 bridgehead atoms. The molecule has 0 aromatic carbocycles. The molecule has 3 rings (SSSR count). The van der Waals surface area contributed by atoms with E-state index < -0.39 is 10.0 Å². The Bertz CT molecular complexity index is 769. The van der Waals surface area contributed by atoms with Gasteiger partial charge in [-0.2, -0.15) is 0 Å². The summed E-state index contributed by atoms with van der Waals surface area (Å²) in [7, 11) is -3.20. The molecule has 26 heavy (non-hydrogen) atoms. The summed E-state index contributed by atoms with van der Waals surface area (Å²) in [5.74, 6) is -0.145. The van der Waals surface area contributed by atoms with Crippen LogP contribution in [0.1, 0.15) is 25.7 Å². The number of rotatable bonds is 7. The zero-order valence-electron chi connectivity index (χ0n) is 14.3. The lowest BCUT2D eigenvalue weighted by molar-refractivity contribution is -0.121. The van der Waals surface area contributed by atoms with Crippen LogP contribution in [0.4, 0.5) is 5.13 Å². The van der Waals surface area contributed by atoms with Crippen LogP contribution in [0.15, 0.2) is 4.34 Å². The van der Waals surface area contributed by atoms with E-state index in [1.165, 1.54) is 33.7 Å². The van der Waals surface area contributed by atoms with Crippen molar-refractivity contribution in [2.75, 3.05) is 30.4 Å². The third-order valence-corrected chi connectivity index (χ3v) is 7.47. The molecule has 9 nitrogen and oxygen atoms in total. The maximum absolute atomic E-state index is 12.3. The van der Waals surface area contributed by atoms with Crippen LogP contribution in [0.3, 0.4) is 0 Å². The molecule has 0 atom stereocenters. The largest absolute Gasteiger partial charge is 0.353 e. The number of amides is 2. The van der Waals surface area contributed by atoms with Gasteiger partial charge >= 0.3 is 0 Å². The Labute approximate surface area is 160 Å². The first-order chi connectivity index (χ1) is 12.3. The van der Waals surface area contributed by atoms with Crippen molar-refractivity contribution in [3.63, 3.8) is 0 Å². The van der Waals surface area contributed by atoms with Gasteiger partial charge in [-0.05, 0) is 25.7 Å². The van der Waals surface area contributed by atoms with Crippen molar-refractivity contribution in [2.24, 2.45) is 5.92 Å². The number of nitrogens with zero attached hydrogens (tertiary/aromatic N) is 3. The molecule has 1 aromatic heterocycles.